The SMILES string of the molecule is CN(CC(=O)O)C1CCCN(C(=O)COCCOc2ccccc2)CC1. The molecular weight excluding hydrogens is 336 g/mol. The van der Waals surface area contributed by atoms with Crippen molar-refractivity contribution in [2.24, 2.45) is 0 Å². The number of carbonyl (C=O) groups excluding carboxylic acids is 1. The zero-order chi connectivity index (χ0) is 18.8. The van der Waals surface area contributed by atoms with Crippen molar-refractivity contribution in [1.82, 2.24) is 9.80 Å². The van der Waals surface area contributed by atoms with Gasteiger partial charge in [0, 0.05) is 19.1 Å². The van der Waals surface area contributed by atoms with Crippen LogP contribution in [0.25, 0.3) is 0 Å². The summed E-state index contributed by atoms with van der Waals surface area (Å²) in [6, 6.07) is 9.68. The molecule has 0 spiro atoms. The first-order valence-corrected chi connectivity index (χ1v) is 9.01. The highest BCUT2D eigenvalue weighted by Crippen LogP contribution is 2.16. The van der Waals surface area contributed by atoms with E-state index in [0.29, 0.717) is 26.3 Å². The number of hydrogen-bond donors (Lipinski definition) is 1. The van der Waals surface area contributed by atoms with Crippen molar-refractivity contribution in [3.8, 4) is 5.75 Å². The van der Waals surface area contributed by atoms with Gasteiger partial charge in [-0.1, -0.05) is 18.2 Å². The van der Waals surface area contributed by atoms with E-state index in [0.717, 1.165) is 25.0 Å². The zero-order valence-electron chi connectivity index (χ0n) is 15.3. The number of para-hydroxylation sites is 1. The van der Waals surface area contributed by atoms with Gasteiger partial charge in [-0.3, -0.25) is 14.5 Å². The van der Waals surface area contributed by atoms with E-state index in [1.807, 2.05) is 47.2 Å². The molecule has 1 amide bonds. The fourth-order valence-electron chi connectivity index (χ4n) is 3.10. The maximum Gasteiger partial charge on any atom is 0.317 e. The average molecular weight is 364 g/mol. The number of carbonyl (C=O) groups is 2. The lowest BCUT2D eigenvalue weighted by atomic mass is 10.1. The molecule has 1 aliphatic heterocycles. The molecule has 1 atom stereocenters. The summed E-state index contributed by atoms with van der Waals surface area (Å²) in [5.41, 5.74) is 0. The highest BCUT2D eigenvalue weighted by atomic mass is 16.5. The molecule has 1 saturated heterocycles. The molecule has 1 unspecified atom stereocenters. The van der Waals surface area contributed by atoms with Crippen LogP contribution in [0.4, 0.5) is 0 Å². The van der Waals surface area contributed by atoms with Gasteiger partial charge in [-0.2, -0.15) is 0 Å². The number of aliphatic carboxylic acids is 1. The Morgan fingerprint density at radius 3 is 2.69 bits per heavy atom. The number of amides is 1. The van der Waals surface area contributed by atoms with Crippen LogP contribution in [0, 0.1) is 0 Å². The third-order valence-corrected chi connectivity index (χ3v) is 4.52. The first kappa shape index (κ1) is 20.2. The summed E-state index contributed by atoms with van der Waals surface area (Å²) in [5, 5.41) is 8.91. The smallest absolute Gasteiger partial charge is 0.317 e. The Hall–Kier alpha value is -2.12. The average Bonchev–Trinajstić information content (AvgIpc) is 2.88. The number of nitrogens with zero attached hydrogens (tertiary/aromatic N) is 2. The minimum atomic E-state index is -0.823. The molecule has 0 aromatic heterocycles. The van der Waals surface area contributed by atoms with Crippen molar-refractivity contribution in [3.63, 3.8) is 0 Å². The van der Waals surface area contributed by atoms with Gasteiger partial charge in [0.15, 0.2) is 0 Å². The molecule has 26 heavy (non-hydrogen) atoms. The molecule has 1 heterocycles. The monoisotopic (exact) mass is 364 g/mol. The van der Waals surface area contributed by atoms with Crippen LogP contribution in [0.2, 0.25) is 0 Å². The second kappa shape index (κ2) is 10.8. The summed E-state index contributed by atoms with van der Waals surface area (Å²) >= 11 is 0. The molecule has 0 bridgehead atoms. The van der Waals surface area contributed by atoms with Crippen molar-refractivity contribution >= 4 is 11.9 Å². The molecule has 144 valence electrons. The largest absolute Gasteiger partial charge is 0.491 e. The van der Waals surface area contributed by atoms with Gasteiger partial charge in [-0.15, -0.1) is 0 Å². The van der Waals surface area contributed by atoms with Gasteiger partial charge >= 0.3 is 5.97 Å². The van der Waals surface area contributed by atoms with Crippen LogP contribution in [0.1, 0.15) is 19.3 Å². The van der Waals surface area contributed by atoms with E-state index < -0.39 is 5.97 Å². The minimum absolute atomic E-state index is 0.0220. The van der Waals surface area contributed by atoms with Crippen molar-refractivity contribution in [1.29, 1.82) is 0 Å². The standard InChI is InChI=1S/C19H28N2O5/c1-20(14-19(23)24)16-6-5-10-21(11-9-16)18(22)15-25-12-13-26-17-7-3-2-4-8-17/h2-4,7-8,16H,5-6,9-15H2,1H3,(H,23,24). The van der Waals surface area contributed by atoms with Crippen molar-refractivity contribution in [3.05, 3.63) is 30.3 Å². The normalized spacial score (nSPS) is 17.8. The second-order valence-electron chi connectivity index (χ2n) is 6.49. The number of likely N-dealkylation sites (N-methyl/N-ethyl adjacent to an activating group) is 1. The van der Waals surface area contributed by atoms with Crippen LogP contribution in [0.5, 0.6) is 5.75 Å². The Balaban J connectivity index is 1.64. The Bertz CT molecular complexity index is 566. The fraction of sp³-hybridized carbons (Fsp3) is 0.579. The molecular formula is C19H28N2O5. The fourth-order valence-corrected chi connectivity index (χ4v) is 3.10. The van der Waals surface area contributed by atoms with Crippen LogP contribution in [0.3, 0.4) is 0 Å². The van der Waals surface area contributed by atoms with E-state index in [2.05, 4.69) is 0 Å². The predicted molar refractivity (Wildman–Crippen MR) is 97.2 cm³/mol. The molecule has 7 nitrogen and oxygen atoms in total. The number of carboxylic acids is 1. The third kappa shape index (κ3) is 7.01. The van der Waals surface area contributed by atoms with Gasteiger partial charge in [0.25, 0.3) is 0 Å². The van der Waals surface area contributed by atoms with Gasteiger partial charge < -0.3 is 19.5 Å². The Morgan fingerprint density at radius 2 is 1.96 bits per heavy atom. The maximum atomic E-state index is 12.3. The highest BCUT2D eigenvalue weighted by molar-refractivity contribution is 5.77. The van der Waals surface area contributed by atoms with E-state index >= 15 is 0 Å². The summed E-state index contributed by atoms with van der Waals surface area (Å²) < 4.78 is 11.0. The Kier molecular flexibility index (Phi) is 8.37. The number of carboxylic acid groups (broad SMARTS) is 1. The summed E-state index contributed by atoms with van der Waals surface area (Å²) in [5.74, 6) is -0.0616. The minimum Gasteiger partial charge on any atom is -0.491 e. The number of ether oxygens (including phenoxy) is 2. The molecule has 1 fully saturated rings. The van der Waals surface area contributed by atoms with Gasteiger partial charge in [-0.05, 0) is 38.4 Å². The second-order valence-corrected chi connectivity index (χ2v) is 6.49. The summed E-state index contributed by atoms with van der Waals surface area (Å²) in [7, 11) is 1.83. The van der Waals surface area contributed by atoms with Gasteiger partial charge in [-0.25, -0.2) is 0 Å². The van der Waals surface area contributed by atoms with Crippen LogP contribution in [0.15, 0.2) is 30.3 Å². The number of rotatable bonds is 9. The highest BCUT2D eigenvalue weighted by Gasteiger charge is 2.23. The summed E-state index contributed by atoms with van der Waals surface area (Å²) in [6.07, 6.45) is 2.56. The van der Waals surface area contributed by atoms with Crippen LogP contribution >= 0.6 is 0 Å². The lowest BCUT2D eigenvalue weighted by Gasteiger charge is -2.25. The number of likely N-dealkylation sites (tertiary alicyclic amines) is 1. The van der Waals surface area contributed by atoms with Crippen molar-refractivity contribution < 1.29 is 24.2 Å². The zero-order valence-corrected chi connectivity index (χ0v) is 15.3. The first-order chi connectivity index (χ1) is 12.6. The Morgan fingerprint density at radius 1 is 1.19 bits per heavy atom. The van der Waals surface area contributed by atoms with E-state index in [1.165, 1.54) is 0 Å². The van der Waals surface area contributed by atoms with Gasteiger partial charge in [0.05, 0.1) is 13.2 Å². The molecule has 1 aromatic carbocycles. The van der Waals surface area contributed by atoms with Crippen LogP contribution in [-0.4, -0.2) is 79.3 Å². The molecule has 0 radical (unpaired) electrons. The van der Waals surface area contributed by atoms with Crippen LogP contribution < -0.4 is 4.74 Å². The van der Waals surface area contributed by atoms with E-state index in [9.17, 15) is 9.59 Å². The van der Waals surface area contributed by atoms with Gasteiger partial charge in [0.2, 0.25) is 5.91 Å². The van der Waals surface area contributed by atoms with E-state index in [4.69, 9.17) is 14.6 Å². The van der Waals surface area contributed by atoms with Crippen molar-refractivity contribution in [2.45, 2.75) is 25.3 Å². The molecule has 0 aliphatic carbocycles. The van der Waals surface area contributed by atoms with Crippen LogP contribution in [-0.2, 0) is 14.3 Å². The third-order valence-electron chi connectivity index (χ3n) is 4.52. The molecule has 7 heteroatoms. The Labute approximate surface area is 154 Å². The summed E-state index contributed by atoms with van der Waals surface area (Å²) in [6.45, 7) is 2.17. The number of benzene rings is 1. The van der Waals surface area contributed by atoms with E-state index in [-0.39, 0.29) is 25.1 Å². The molecule has 1 aliphatic rings. The lowest BCUT2D eigenvalue weighted by Crippen LogP contribution is -2.38. The lowest BCUT2D eigenvalue weighted by molar-refractivity contribution is -0.139. The molecule has 0 saturated carbocycles. The quantitative estimate of drug-likeness (QED) is 0.669. The molecule has 1 N–H and O–H groups in total. The van der Waals surface area contributed by atoms with E-state index in [1.54, 1.807) is 0 Å². The number of hydrogen-bond acceptors (Lipinski definition) is 5. The first-order valence-electron chi connectivity index (χ1n) is 9.01. The van der Waals surface area contributed by atoms with Gasteiger partial charge in [0.1, 0.15) is 19.0 Å². The summed E-state index contributed by atoms with van der Waals surface area (Å²) in [4.78, 5) is 26.8. The van der Waals surface area contributed by atoms with Crippen molar-refractivity contribution in [2.75, 3.05) is 46.5 Å². The molecule has 1 aromatic rings. The maximum absolute atomic E-state index is 12.3. The topological polar surface area (TPSA) is 79.3 Å². The molecule has 2 rings (SSSR count). The predicted octanol–water partition coefficient (Wildman–Crippen LogP) is 1.48.